The van der Waals surface area contributed by atoms with E-state index in [4.69, 9.17) is 0 Å². The van der Waals surface area contributed by atoms with E-state index < -0.39 is 0 Å². The molecule has 1 aliphatic carbocycles. The molecule has 0 bridgehead atoms. The molecule has 0 amide bonds. The van der Waals surface area contributed by atoms with Gasteiger partial charge < -0.3 is 4.90 Å². The number of rotatable bonds is 7. The second-order valence-corrected chi connectivity index (χ2v) is 15.3. The minimum absolute atomic E-state index is 0.135. The summed E-state index contributed by atoms with van der Waals surface area (Å²) in [5, 5.41) is 2.51. The van der Waals surface area contributed by atoms with Crippen LogP contribution in [0.5, 0.6) is 0 Å². The number of hydrogen-bond donors (Lipinski definition) is 0. The van der Waals surface area contributed by atoms with Crippen LogP contribution in [0.25, 0.3) is 66.4 Å². The van der Waals surface area contributed by atoms with Crippen molar-refractivity contribution in [3.63, 3.8) is 0 Å². The summed E-state index contributed by atoms with van der Waals surface area (Å²) in [5.41, 5.74) is 18.2. The number of benzene rings is 9. The lowest BCUT2D eigenvalue weighted by Gasteiger charge is -2.31. The molecule has 56 heavy (non-hydrogen) atoms. The lowest BCUT2D eigenvalue weighted by Crippen LogP contribution is -2.17. The van der Waals surface area contributed by atoms with Gasteiger partial charge in [0, 0.05) is 22.2 Å². The zero-order chi connectivity index (χ0) is 37.6. The summed E-state index contributed by atoms with van der Waals surface area (Å²) >= 11 is 0. The minimum Gasteiger partial charge on any atom is -0.309 e. The molecule has 0 heterocycles. The van der Waals surface area contributed by atoms with E-state index in [-0.39, 0.29) is 5.41 Å². The molecule has 0 aliphatic heterocycles. The van der Waals surface area contributed by atoms with E-state index in [1.807, 2.05) is 0 Å². The van der Waals surface area contributed by atoms with Gasteiger partial charge in [0.2, 0.25) is 0 Å². The highest BCUT2D eigenvalue weighted by atomic mass is 15.1. The van der Waals surface area contributed by atoms with E-state index in [0.717, 1.165) is 17.1 Å². The van der Waals surface area contributed by atoms with E-state index in [9.17, 15) is 0 Å². The van der Waals surface area contributed by atoms with Crippen molar-refractivity contribution in [2.45, 2.75) is 19.3 Å². The molecule has 0 aromatic heterocycles. The van der Waals surface area contributed by atoms with Gasteiger partial charge in [0.25, 0.3) is 0 Å². The Hall–Kier alpha value is -6.96. The van der Waals surface area contributed by atoms with Crippen molar-refractivity contribution in [1.29, 1.82) is 0 Å². The van der Waals surface area contributed by atoms with Crippen molar-refractivity contribution in [1.82, 2.24) is 0 Å². The molecule has 1 heteroatoms. The number of hydrogen-bond acceptors (Lipinski definition) is 1. The highest BCUT2D eigenvalue weighted by Crippen LogP contribution is 2.52. The highest BCUT2D eigenvalue weighted by molar-refractivity contribution is 5.99. The number of fused-ring (bicyclic) bond motifs is 4. The third-order valence-electron chi connectivity index (χ3n) is 11.7. The van der Waals surface area contributed by atoms with E-state index in [2.05, 4.69) is 231 Å². The number of anilines is 3. The van der Waals surface area contributed by atoms with Gasteiger partial charge in [-0.15, -0.1) is 0 Å². The molecule has 9 aromatic carbocycles. The third kappa shape index (κ3) is 5.72. The first-order chi connectivity index (χ1) is 27.5. The lowest BCUT2D eigenvalue weighted by molar-refractivity contribution is 0.660. The Labute approximate surface area is 329 Å². The van der Waals surface area contributed by atoms with Gasteiger partial charge in [0.1, 0.15) is 0 Å². The van der Waals surface area contributed by atoms with Gasteiger partial charge >= 0.3 is 0 Å². The second kappa shape index (κ2) is 13.7. The van der Waals surface area contributed by atoms with E-state index in [0.29, 0.717) is 0 Å². The Bertz CT molecular complexity index is 2890. The standard InChI is InChI=1S/C55H41N/c1-55(2)51-30-11-8-28-49(51)50-34-33-44(37-52(50)55)56(53-31-12-9-26-47(53)42-23-14-21-40(35-42)38-17-4-3-5-18-38)54-32-13-10-27-48(54)43-24-15-22-41(36-43)46-29-16-20-39-19-6-7-25-45(39)46/h3-37H,1-2H3. The van der Waals surface area contributed by atoms with Crippen molar-refractivity contribution in [3.8, 4) is 55.6 Å². The van der Waals surface area contributed by atoms with Crippen LogP contribution < -0.4 is 4.90 Å². The average molecular weight is 716 g/mol. The maximum Gasteiger partial charge on any atom is 0.0540 e. The van der Waals surface area contributed by atoms with Gasteiger partial charge in [-0.05, 0) is 103 Å². The maximum atomic E-state index is 2.49. The zero-order valence-electron chi connectivity index (χ0n) is 31.7. The minimum atomic E-state index is -0.135. The molecule has 1 aliphatic rings. The van der Waals surface area contributed by atoms with Crippen molar-refractivity contribution in [2.75, 3.05) is 4.90 Å². The van der Waals surface area contributed by atoms with Crippen LogP contribution in [0, 0.1) is 0 Å². The van der Waals surface area contributed by atoms with Gasteiger partial charge in [0.15, 0.2) is 0 Å². The van der Waals surface area contributed by atoms with Crippen LogP contribution in [-0.2, 0) is 5.41 Å². The van der Waals surface area contributed by atoms with Crippen molar-refractivity contribution in [2.24, 2.45) is 0 Å². The highest BCUT2D eigenvalue weighted by Gasteiger charge is 2.36. The van der Waals surface area contributed by atoms with Crippen LogP contribution in [0.1, 0.15) is 25.0 Å². The Kier molecular flexibility index (Phi) is 8.23. The van der Waals surface area contributed by atoms with Crippen LogP contribution in [0.2, 0.25) is 0 Å². The summed E-state index contributed by atoms with van der Waals surface area (Å²) in [7, 11) is 0. The molecular weight excluding hydrogens is 675 g/mol. The largest absolute Gasteiger partial charge is 0.309 e. The van der Waals surface area contributed by atoms with Crippen LogP contribution in [0.15, 0.2) is 212 Å². The van der Waals surface area contributed by atoms with Gasteiger partial charge in [-0.25, -0.2) is 0 Å². The smallest absolute Gasteiger partial charge is 0.0540 e. The van der Waals surface area contributed by atoms with E-state index in [1.165, 1.54) is 77.5 Å². The van der Waals surface area contributed by atoms with Crippen molar-refractivity contribution >= 4 is 27.8 Å². The van der Waals surface area contributed by atoms with Crippen LogP contribution in [0.3, 0.4) is 0 Å². The van der Waals surface area contributed by atoms with E-state index >= 15 is 0 Å². The molecule has 0 N–H and O–H groups in total. The number of para-hydroxylation sites is 2. The fraction of sp³-hybridized carbons (Fsp3) is 0.0545. The fourth-order valence-corrected chi connectivity index (χ4v) is 8.89. The summed E-state index contributed by atoms with van der Waals surface area (Å²) in [6, 6.07) is 77.7. The Balaban J connectivity index is 1.18. The lowest BCUT2D eigenvalue weighted by atomic mass is 9.82. The maximum absolute atomic E-state index is 2.49. The monoisotopic (exact) mass is 715 g/mol. The Morgan fingerprint density at radius 3 is 1.54 bits per heavy atom. The SMILES string of the molecule is CC1(C)c2ccccc2-c2ccc(N(c3ccccc3-c3cccc(-c4ccccc4)c3)c3ccccc3-c3cccc(-c4cccc5ccccc45)c3)cc21. The fourth-order valence-electron chi connectivity index (χ4n) is 8.89. The van der Waals surface area contributed by atoms with Gasteiger partial charge in [-0.3, -0.25) is 0 Å². The topological polar surface area (TPSA) is 3.24 Å². The van der Waals surface area contributed by atoms with Gasteiger partial charge in [0.05, 0.1) is 11.4 Å². The van der Waals surface area contributed by atoms with Crippen LogP contribution >= 0.6 is 0 Å². The number of nitrogens with zero attached hydrogens (tertiary/aromatic N) is 1. The van der Waals surface area contributed by atoms with Crippen LogP contribution in [-0.4, -0.2) is 0 Å². The molecular formula is C55H41N. The second-order valence-electron chi connectivity index (χ2n) is 15.3. The Morgan fingerprint density at radius 1 is 0.321 bits per heavy atom. The summed E-state index contributed by atoms with van der Waals surface area (Å²) in [4.78, 5) is 2.49. The molecule has 1 nitrogen and oxygen atoms in total. The third-order valence-corrected chi connectivity index (χ3v) is 11.7. The summed E-state index contributed by atoms with van der Waals surface area (Å²) in [6.07, 6.45) is 0. The predicted octanol–water partition coefficient (Wildman–Crippen LogP) is 15.3. The van der Waals surface area contributed by atoms with E-state index in [1.54, 1.807) is 0 Å². The molecule has 10 rings (SSSR count). The van der Waals surface area contributed by atoms with Gasteiger partial charge in [-0.1, -0.05) is 190 Å². The summed E-state index contributed by atoms with van der Waals surface area (Å²) in [5.74, 6) is 0. The normalized spacial score (nSPS) is 12.6. The molecule has 9 aromatic rings. The van der Waals surface area contributed by atoms with Crippen LogP contribution in [0.4, 0.5) is 17.1 Å². The molecule has 0 fully saturated rings. The zero-order valence-corrected chi connectivity index (χ0v) is 31.7. The molecule has 0 saturated carbocycles. The molecule has 0 unspecified atom stereocenters. The predicted molar refractivity (Wildman–Crippen MR) is 238 cm³/mol. The first-order valence-electron chi connectivity index (χ1n) is 19.5. The molecule has 0 saturated heterocycles. The Morgan fingerprint density at radius 2 is 0.804 bits per heavy atom. The summed E-state index contributed by atoms with van der Waals surface area (Å²) < 4.78 is 0. The summed E-state index contributed by atoms with van der Waals surface area (Å²) in [6.45, 7) is 4.73. The molecule has 0 radical (unpaired) electrons. The first kappa shape index (κ1) is 33.6. The molecule has 0 spiro atoms. The van der Waals surface area contributed by atoms with Crippen molar-refractivity contribution < 1.29 is 0 Å². The quantitative estimate of drug-likeness (QED) is 0.159. The van der Waals surface area contributed by atoms with Gasteiger partial charge in [-0.2, -0.15) is 0 Å². The average Bonchev–Trinajstić information content (AvgIpc) is 3.49. The molecule has 0 atom stereocenters. The van der Waals surface area contributed by atoms with Crippen molar-refractivity contribution in [3.05, 3.63) is 223 Å². The first-order valence-corrected chi connectivity index (χ1v) is 19.5. The molecule has 266 valence electrons.